The average Bonchev–Trinajstić information content (AvgIpc) is 2.29. The van der Waals surface area contributed by atoms with Gasteiger partial charge in [0.25, 0.3) is 5.91 Å². The fraction of sp³-hybridized carbons (Fsp3) is 0.182. The van der Waals surface area contributed by atoms with Gasteiger partial charge in [-0.3, -0.25) is 4.79 Å². The van der Waals surface area contributed by atoms with Gasteiger partial charge in [0, 0.05) is 13.8 Å². The van der Waals surface area contributed by atoms with E-state index in [-0.39, 0.29) is 22.0 Å². The molecule has 0 aliphatic heterocycles. The Labute approximate surface area is 108 Å². The summed E-state index contributed by atoms with van der Waals surface area (Å²) in [6.45, 7) is 2.33. The molecule has 0 spiro atoms. The van der Waals surface area contributed by atoms with Crippen molar-refractivity contribution in [1.29, 1.82) is 5.26 Å². The van der Waals surface area contributed by atoms with Crippen molar-refractivity contribution in [3.8, 4) is 6.07 Å². The summed E-state index contributed by atoms with van der Waals surface area (Å²) in [6, 6.07) is 4.53. The van der Waals surface area contributed by atoms with Crippen LogP contribution in [0, 0.1) is 11.3 Å². The van der Waals surface area contributed by atoms with Crippen molar-refractivity contribution in [1.82, 2.24) is 0 Å². The van der Waals surface area contributed by atoms with Gasteiger partial charge in [-0.2, -0.15) is 5.26 Å². The first-order chi connectivity index (χ1) is 8.36. The number of anilines is 2. The number of nitrogen functional groups attached to an aromatic ring is 1. The molecule has 1 rings (SSSR count). The van der Waals surface area contributed by atoms with Crippen LogP contribution >= 0.6 is 11.6 Å². The van der Waals surface area contributed by atoms with Gasteiger partial charge in [0.2, 0.25) is 0 Å². The van der Waals surface area contributed by atoms with Crippen LogP contribution in [0.2, 0.25) is 5.02 Å². The Morgan fingerprint density at radius 1 is 1.44 bits per heavy atom. The summed E-state index contributed by atoms with van der Waals surface area (Å²) in [6.07, 6.45) is 0. The lowest BCUT2D eigenvalue weighted by atomic mass is 10.2. The summed E-state index contributed by atoms with van der Waals surface area (Å²) >= 11 is 5.92. The van der Waals surface area contributed by atoms with Crippen molar-refractivity contribution in [2.45, 2.75) is 13.8 Å². The minimum atomic E-state index is -0.692. The number of benzene rings is 1. The predicted octanol–water partition coefficient (Wildman–Crippen LogP) is 1.62. The molecule has 2 N–H and O–H groups in total. The third-order valence-electron chi connectivity index (χ3n) is 1.94. The topological polar surface area (TPSA) is 96.4 Å². The quantitative estimate of drug-likeness (QED) is 0.616. The molecule has 0 atom stereocenters. The van der Waals surface area contributed by atoms with E-state index < -0.39 is 11.9 Å². The van der Waals surface area contributed by atoms with E-state index >= 15 is 0 Å². The smallest absolute Gasteiger partial charge is 0.330 e. The number of nitrogens with two attached hydrogens (primary N) is 1. The molecule has 0 radical (unpaired) electrons. The third kappa shape index (κ3) is 2.90. The van der Waals surface area contributed by atoms with Gasteiger partial charge < -0.3 is 10.6 Å². The van der Waals surface area contributed by atoms with E-state index in [9.17, 15) is 9.59 Å². The second-order valence-corrected chi connectivity index (χ2v) is 3.78. The van der Waals surface area contributed by atoms with E-state index in [2.05, 4.69) is 0 Å². The molecule has 94 valence electrons. The molecule has 0 saturated carbocycles. The first-order valence-electron chi connectivity index (χ1n) is 4.85. The van der Waals surface area contributed by atoms with Gasteiger partial charge in [-0.15, -0.1) is 5.06 Å². The number of hydrogen-bond donors (Lipinski definition) is 1. The fourth-order valence-corrected chi connectivity index (χ4v) is 1.44. The van der Waals surface area contributed by atoms with E-state index in [0.717, 1.165) is 6.92 Å². The van der Waals surface area contributed by atoms with E-state index in [1.54, 1.807) is 0 Å². The highest BCUT2D eigenvalue weighted by atomic mass is 35.5. The van der Waals surface area contributed by atoms with Gasteiger partial charge in [-0.05, 0) is 12.1 Å². The number of hydrogen-bond acceptors (Lipinski definition) is 5. The van der Waals surface area contributed by atoms with Gasteiger partial charge >= 0.3 is 5.97 Å². The zero-order valence-corrected chi connectivity index (χ0v) is 10.5. The first kappa shape index (κ1) is 13.8. The van der Waals surface area contributed by atoms with Crippen LogP contribution in [-0.2, 0) is 14.4 Å². The van der Waals surface area contributed by atoms with Crippen LogP contribution in [0.25, 0.3) is 0 Å². The Kier molecular flexibility index (Phi) is 4.13. The Hall–Kier alpha value is -2.26. The molecule has 0 fully saturated rings. The zero-order valence-electron chi connectivity index (χ0n) is 9.73. The average molecular weight is 268 g/mol. The summed E-state index contributed by atoms with van der Waals surface area (Å²) in [4.78, 5) is 27.1. The number of carbonyl (C=O) groups is 2. The highest BCUT2D eigenvalue weighted by Gasteiger charge is 2.20. The summed E-state index contributed by atoms with van der Waals surface area (Å²) in [5, 5.41) is 9.55. The minimum absolute atomic E-state index is 0.0328. The maximum absolute atomic E-state index is 11.4. The van der Waals surface area contributed by atoms with Gasteiger partial charge in [0.05, 0.1) is 22.3 Å². The van der Waals surface area contributed by atoms with Crippen molar-refractivity contribution >= 4 is 34.9 Å². The van der Waals surface area contributed by atoms with Crippen molar-refractivity contribution in [2.75, 3.05) is 10.8 Å². The van der Waals surface area contributed by atoms with Crippen molar-refractivity contribution < 1.29 is 14.4 Å². The minimum Gasteiger partial charge on any atom is -0.397 e. The molecule has 1 amide bonds. The van der Waals surface area contributed by atoms with Crippen molar-refractivity contribution in [2.24, 2.45) is 0 Å². The number of nitrogens with zero attached hydrogens (tertiary/aromatic N) is 2. The maximum Gasteiger partial charge on any atom is 0.330 e. The largest absolute Gasteiger partial charge is 0.397 e. The molecule has 0 bridgehead atoms. The standard InChI is InChI=1S/C11H10ClN3O3/c1-6(16)15(18-7(2)17)10-4-8(5-13)3-9(14)11(10)12/h3-4H,14H2,1-2H3. The molecule has 0 unspecified atom stereocenters. The number of rotatable bonds is 1. The molecule has 0 saturated heterocycles. The Morgan fingerprint density at radius 2 is 2.06 bits per heavy atom. The second-order valence-electron chi connectivity index (χ2n) is 3.41. The number of hydroxylamine groups is 1. The van der Waals surface area contributed by atoms with E-state index in [4.69, 9.17) is 27.4 Å². The number of amides is 1. The normalized spacial score (nSPS) is 9.44. The van der Waals surface area contributed by atoms with Crippen LogP contribution in [-0.4, -0.2) is 11.9 Å². The second kappa shape index (κ2) is 5.38. The molecule has 0 aliphatic carbocycles. The maximum atomic E-state index is 11.4. The molecular formula is C11H10ClN3O3. The number of carbonyl (C=O) groups excluding carboxylic acids is 2. The fourth-order valence-electron chi connectivity index (χ4n) is 1.26. The van der Waals surface area contributed by atoms with Gasteiger partial charge in [0.1, 0.15) is 5.69 Å². The van der Waals surface area contributed by atoms with Crippen molar-refractivity contribution in [3.63, 3.8) is 0 Å². The van der Waals surface area contributed by atoms with E-state index in [1.807, 2.05) is 6.07 Å². The first-order valence-corrected chi connectivity index (χ1v) is 5.23. The Bertz CT molecular complexity index is 551. The van der Waals surface area contributed by atoms with Crippen LogP contribution in [0.5, 0.6) is 0 Å². The van der Waals surface area contributed by atoms with E-state index in [0.29, 0.717) is 5.06 Å². The van der Waals surface area contributed by atoms with E-state index in [1.165, 1.54) is 19.1 Å². The summed E-state index contributed by atoms with van der Waals surface area (Å²) in [5.74, 6) is -1.26. The number of halogens is 1. The van der Waals surface area contributed by atoms with Crippen LogP contribution in [0.4, 0.5) is 11.4 Å². The summed E-state index contributed by atoms with van der Waals surface area (Å²) in [5.41, 5.74) is 5.97. The predicted molar refractivity (Wildman–Crippen MR) is 65.5 cm³/mol. The molecule has 1 aromatic rings. The van der Waals surface area contributed by atoms with Gasteiger partial charge in [0.15, 0.2) is 0 Å². The van der Waals surface area contributed by atoms with Gasteiger partial charge in [-0.25, -0.2) is 4.79 Å². The molecule has 0 aliphatic rings. The molecule has 7 heteroatoms. The molecule has 0 heterocycles. The summed E-state index contributed by atoms with van der Waals surface area (Å²) < 4.78 is 0. The van der Waals surface area contributed by atoms with Crippen molar-refractivity contribution in [3.05, 3.63) is 22.7 Å². The summed E-state index contributed by atoms with van der Waals surface area (Å²) in [7, 11) is 0. The molecule has 6 nitrogen and oxygen atoms in total. The Balaban J connectivity index is 3.36. The SMILES string of the molecule is CC(=O)ON(C(C)=O)c1cc(C#N)cc(N)c1Cl. The van der Waals surface area contributed by atoms with Gasteiger partial charge in [-0.1, -0.05) is 11.6 Å². The molecule has 18 heavy (non-hydrogen) atoms. The van der Waals surface area contributed by atoms with Crippen LogP contribution in [0.1, 0.15) is 19.4 Å². The number of nitriles is 1. The monoisotopic (exact) mass is 267 g/mol. The lowest BCUT2D eigenvalue weighted by molar-refractivity contribution is -0.147. The third-order valence-corrected chi connectivity index (χ3v) is 2.35. The zero-order chi connectivity index (χ0) is 13.9. The molecule has 1 aromatic carbocycles. The Morgan fingerprint density at radius 3 is 2.50 bits per heavy atom. The van der Waals surface area contributed by atoms with Crippen LogP contribution in [0.15, 0.2) is 12.1 Å². The lowest BCUT2D eigenvalue weighted by Crippen LogP contribution is -2.31. The van der Waals surface area contributed by atoms with Crippen LogP contribution < -0.4 is 10.8 Å². The highest BCUT2D eigenvalue weighted by Crippen LogP contribution is 2.33. The van der Waals surface area contributed by atoms with Crippen LogP contribution in [0.3, 0.4) is 0 Å². The lowest BCUT2D eigenvalue weighted by Gasteiger charge is -2.20. The highest BCUT2D eigenvalue weighted by molar-refractivity contribution is 6.36. The molecular weight excluding hydrogens is 258 g/mol. The molecule has 0 aromatic heterocycles.